The number of anilines is 1. The maximum absolute atomic E-state index is 13.4. The average Bonchev–Trinajstić information content (AvgIpc) is 3.52. The first-order chi connectivity index (χ1) is 16.2. The third kappa shape index (κ3) is 4.21. The van der Waals surface area contributed by atoms with Crippen molar-refractivity contribution in [3.63, 3.8) is 0 Å². The van der Waals surface area contributed by atoms with E-state index in [9.17, 15) is 13.2 Å². The van der Waals surface area contributed by atoms with Gasteiger partial charge in [-0.3, -0.25) is 9.58 Å². The summed E-state index contributed by atoms with van der Waals surface area (Å²) in [4.78, 5) is 9.04. The van der Waals surface area contributed by atoms with Gasteiger partial charge < -0.3 is 10.6 Å². The van der Waals surface area contributed by atoms with Gasteiger partial charge in [0.2, 0.25) is 0 Å². The second-order valence-electron chi connectivity index (χ2n) is 10.5. The molecule has 186 valence electrons. The third-order valence-corrected chi connectivity index (χ3v) is 8.30. The van der Waals surface area contributed by atoms with Crippen LogP contribution < -0.4 is 5.73 Å². The van der Waals surface area contributed by atoms with Gasteiger partial charge in [-0.25, -0.2) is 4.98 Å². The minimum atomic E-state index is -4.54. The van der Waals surface area contributed by atoms with Crippen LogP contribution in [0.4, 0.5) is 19.0 Å². The van der Waals surface area contributed by atoms with Crippen molar-refractivity contribution in [3.05, 3.63) is 29.6 Å². The highest BCUT2D eigenvalue weighted by Gasteiger charge is 2.49. The molecule has 9 heteroatoms. The van der Waals surface area contributed by atoms with Crippen LogP contribution in [-0.4, -0.2) is 63.3 Å². The Morgan fingerprint density at radius 2 is 1.79 bits per heavy atom. The molecule has 3 aliphatic rings. The van der Waals surface area contributed by atoms with E-state index in [4.69, 9.17) is 10.8 Å². The molecule has 2 aliphatic carbocycles. The molecule has 2 aromatic rings. The Labute approximate surface area is 199 Å². The number of likely N-dealkylation sites (N-methyl/N-ethyl adjacent to an activating group) is 1. The van der Waals surface area contributed by atoms with Crippen molar-refractivity contribution in [3.8, 4) is 11.3 Å². The first-order valence-corrected chi connectivity index (χ1v) is 12.5. The summed E-state index contributed by atoms with van der Waals surface area (Å²) < 4.78 is 42.2. The summed E-state index contributed by atoms with van der Waals surface area (Å²) in [5.74, 6) is 1.21. The van der Waals surface area contributed by atoms with E-state index >= 15 is 0 Å². The fourth-order valence-corrected chi connectivity index (χ4v) is 6.55. The average molecular weight is 477 g/mol. The van der Waals surface area contributed by atoms with Gasteiger partial charge in [-0.05, 0) is 63.6 Å². The van der Waals surface area contributed by atoms with Crippen molar-refractivity contribution in [1.29, 1.82) is 0 Å². The van der Waals surface area contributed by atoms with Crippen LogP contribution in [0.15, 0.2) is 18.3 Å². The molecule has 3 unspecified atom stereocenters. The number of hydrogen-bond donors (Lipinski definition) is 1. The molecule has 1 saturated heterocycles. The Hall–Kier alpha value is -2.13. The molecule has 2 saturated carbocycles. The highest BCUT2D eigenvalue weighted by Crippen LogP contribution is 2.55. The second-order valence-corrected chi connectivity index (χ2v) is 10.5. The summed E-state index contributed by atoms with van der Waals surface area (Å²) in [5, 5.41) is 4.74. The lowest BCUT2D eigenvalue weighted by Gasteiger charge is -2.41. The lowest BCUT2D eigenvalue weighted by atomic mass is 9.82. The van der Waals surface area contributed by atoms with Crippen LogP contribution in [0, 0.1) is 11.8 Å². The molecule has 0 aromatic carbocycles. The van der Waals surface area contributed by atoms with E-state index in [1.54, 1.807) is 0 Å². The fraction of sp³-hybridized carbons (Fsp3) is 0.680. The molecule has 0 spiro atoms. The van der Waals surface area contributed by atoms with Gasteiger partial charge >= 0.3 is 6.18 Å². The topological polar surface area (TPSA) is 63.2 Å². The van der Waals surface area contributed by atoms with E-state index in [1.807, 2.05) is 10.7 Å². The van der Waals surface area contributed by atoms with Crippen molar-refractivity contribution in [2.75, 3.05) is 38.5 Å². The summed E-state index contributed by atoms with van der Waals surface area (Å²) in [7, 11) is 0. The zero-order chi connectivity index (χ0) is 24.2. The third-order valence-electron chi connectivity index (χ3n) is 8.30. The number of rotatable bonds is 5. The second kappa shape index (κ2) is 8.82. The number of nitrogens with zero attached hydrogens (tertiary/aromatic N) is 5. The van der Waals surface area contributed by atoms with Gasteiger partial charge in [0, 0.05) is 61.6 Å². The van der Waals surface area contributed by atoms with Gasteiger partial charge in [0.15, 0.2) is 0 Å². The molecule has 2 bridgehead atoms. The zero-order valence-corrected chi connectivity index (χ0v) is 20.2. The molecular formula is C25H35F3N6. The van der Waals surface area contributed by atoms with Gasteiger partial charge in [0.1, 0.15) is 5.82 Å². The monoisotopic (exact) mass is 476 g/mol. The standard InChI is InChI=1S/C25H35F3N6/c1-4-32-5-7-33(8-6-32)22-12-16-9-17(22)10-19(16)23-13-21(31-34(23)15(2)3)18-11-20(25(26,27)28)24(29)30-14-18/h11,13-17,19,22H,4-10,12H2,1-3H3,(H2,29,30)/t16-,17?,19?,22?/m1/s1. The number of pyridine rings is 1. The zero-order valence-electron chi connectivity index (χ0n) is 20.2. The van der Waals surface area contributed by atoms with Gasteiger partial charge in [-0.1, -0.05) is 6.92 Å². The van der Waals surface area contributed by atoms with Crippen LogP contribution in [0.5, 0.6) is 0 Å². The summed E-state index contributed by atoms with van der Waals surface area (Å²) >= 11 is 0. The quantitative estimate of drug-likeness (QED) is 0.681. The Morgan fingerprint density at radius 3 is 2.38 bits per heavy atom. The summed E-state index contributed by atoms with van der Waals surface area (Å²) in [6.07, 6.45) is 0.438. The molecule has 0 radical (unpaired) electrons. The molecule has 3 fully saturated rings. The van der Waals surface area contributed by atoms with Crippen LogP contribution in [0.2, 0.25) is 0 Å². The Kier molecular flexibility index (Phi) is 6.13. The first kappa shape index (κ1) is 23.6. The predicted octanol–water partition coefficient (Wildman–Crippen LogP) is 4.65. The molecule has 1 aliphatic heterocycles. The SMILES string of the molecule is CCN1CCN(C2C[C@H]3CC2CC3c2cc(-c3cnc(N)c(C(F)(F)F)c3)nn2C(C)C)CC1. The molecule has 5 rings (SSSR count). The number of hydrogen-bond acceptors (Lipinski definition) is 5. The normalized spacial score (nSPS) is 28.3. The number of fused-ring (bicyclic) bond motifs is 2. The maximum atomic E-state index is 13.4. The fourth-order valence-electron chi connectivity index (χ4n) is 6.55. The molecule has 0 amide bonds. The predicted molar refractivity (Wildman–Crippen MR) is 126 cm³/mol. The summed E-state index contributed by atoms with van der Waals surface area (Å²) in [6, 6.07) is 3.87. The number of nitrogens with two attached hydrogens (primary N) is 1. The number of aromatic nitrogens is 3. The smallest absolute Gasteiger partial charge is 0.383 e. The van der Waals surface area contributed by atoms with Gasteiger partial charge in [0.25, 0.3) is 0 Å². The Balaban J connectivity index is 1.37. The van der Waals surface area contributed by atoms with Crippen molar-refractivity contribution >= 4 is 5.82 Å². The molecule has 4 atom stereocenters. The van der Waals surface area contributed by atoms with E-state index in [2.05, 4.69) is 35.6 Å². The highest BCUT2D eigenvalue weighted by molar-refractivity contribution is 5.63. The van der Waals surface area contributed by atoms with Crippen LogP contribution >= 0.6 is 0 Å². The maximum Gasteiger partial charge on any atom is 0.419 e. The number of nitrogen functional groups attached to an aromatic ring is 1. The number of alkyl halides is 3. The van der Waals surface area contributed by atoms with E-state index in [0.29, 0.717) is 35.1 Å². The van der Waals surface area contributed by atoms with Gasteiger partial charge in [-0.2, -0.15) is 18.3 Å². The van der Waals surface area contributed by atoms with Crippen molar-refractivity contribution in [1.82, 2.24) is 24.6 Å². The van der Waals surface area contributed by atoms with E-state index in [-0.39, 0.29) is 6.04 Å². The first-order valence-electron chi connectivity index (χ1n) is 12.5. The minimum Gasteiger partial charge on any atom is -0.383 e. The molecule has 6 nitrogen and oxygen atoms in total. The summed E-state index contributed by atoms with van der Waals surface area (Å²) in [5.41, 5.74) is 6.65. The summed E-state index contributed by atoms with van der Waals surface area (Å²) in [6.45, 7) is 12.1. The largest absolute Gasteiger partial charge is 0.419 e. The van der Waals surface area contributed by atoms with E-state index < -0.39 is 17.6 Å². The van der Waals surface area contributed by atoms with Crippen molar-refractivity contribution in [2.45, 2.75) is 64.2 Å². The van der Waals surface area contributed by atoms with Crippen LogP contribution in [0.1, 0.15) is 63.3 Å². The van der Waals surface area contributed by atoms with Crippen LogP contribution in [0.25, 0.3) is 11.3 Å². The minimum absolute atomic E-state index is 0.129. The number of piperazine rings is 1. The van der Waals surface area contributed by atoms with E-state index in [0.717, 1.165) is 50.9 Å². The van der Waals surface area contributed by atoms with Gasteiger partial charge in [-0.15, -0.1) is 0 Å². The van der Waals surface area contributed by atoms with Crippen LogP contribution in [-0.2, 0) is 6.18 Å². The van der Waals surface area contributed by atoms with Crippen LogP contribution in [0.3, 0.4) is 0 Å². The molecule has 2 N–H and O–H groups in total. The Morgan fingerprint density at radius 1 is 1.06 bits per heavy atom. The Bertz CT molecular complexity index is 1020. The lowest BCUT2D eigenvalue weighted by molar-refractivity contribution is -0.137. The van der Waals surface area contributed by atoms with Gasteiger partial charge in [0.05, 0.1) is 11.3 Å². The molecule has 3 heterocycles. The van der Waals surface area contributed by atoms with Crippen molar-refractivity contribution in [2.24, 2.45) is 11.8 Å². The highest BCUT2D eigenvalue weighted by atomic mass is 19.4. The molecule has 34 heavy (non-hydrogen) atoms. The molecular weight excluding hydrogens is 441 g/mol. The van der Waals surface area contributed by atoms with Crippen molar-refractivity contribution < 1.29 is 13.2 Å². The molecule has 2 aromatic heterocycles. The van der Waals surface area contributed by atoms with E-state index in [1.165, 1.54) is 19.0 Å². The number of halogens is 3. The lowest BCUT2D eigenvalue weighted by Crippen LogP contribution is -2.51.